The number of carbonyl (C=O) groups excluding carboxylic acids is 2. The second kappa shape index (κ2) is 7.89. The fourth-order valence-electron chi connectivity index (χ4n) is 3.85. The molecule has 162 valence electrons. The Labute approximate surface area is 174 Å². The summed E-state index contributed by atoms with van der Waals surface area (Å²) in [6.45, 7) is 2.11. The molecule has 0 spiro atoms. The number of nitrogens with zero attached hydrogens (tertiary/aromatic N) is 3. The minimum Gasteiger partial charge on any atom is -0.383 e. The average Bonchev–Trinajstić information content (AvgIpc) is 3.24. The van der Waals surface area contributed by atoms with Crippen molar-refractivity contribution in [2.24, 2.45) is 5.92 Å². The molecule has 1 aromatic carbocycles. The second-order valence-electron chi connectivity index (χ2n) is 7.62. The highest BCUT2D eigenvalue weighted by Gasteiger charge is 2.35. The molecule has 4 N–H and O–H groups in total. The number of H-pyrrole nitrogens is 1. The Balaban J connectivity index is 1.62. The van der Waals surface area contributed by atoms with Gasteiger partial charge in [-0.2, -0.15) is 5.10 Å². The first-order chi connectivity index (χ1) is 14.8. The van der Waals surface area contributed by atoms with E-state index in [1.165, 1.54) is 17.3 Å². The quantitative estimate of drug-likeness (QED) is 0.425. The van der Waals surface area contributed by atoms with E-state index in [2.05, 4.69) is 20.5 Å². The van der Waals surface area contributed by atoms with Crippen molar-refractivity contribution >= 4 is 34.2 Å². The second-order valence-corrected chi connectivity index (χ2v) is 7.62. The van der Waals surface area contributed by atoms with E-state index in [1.807, 2.05) is 6.92 Å². The van der Waals surface area contributed by atoms with Crippen LogP contribution in [0.25, 0.3) is 10.9 Å². The number of pyridine rings is 1. The lowest BCUT2D eigenvalue weighted by Gasteiger charge is -2.38. The van der Waals surface area contributed by atoms with Gasteiger partial charge in [-0.25, -0.2) is 18.2 Å². The standard InChI is InChI=1S/C20H19F3N6O2/c1-9-2-3-15(10-4-12(21)16(23)13(22)5-10)29(8-9)20(31)19(30)27-14-7-25-18(24)11-6-26-28-17(11)14/h4-7,9,15H,2-3,8H2,1H3,(H2,24,25)(H,26,28)(H,27,30)/t9-,15+/m0/s1. The van der Waals surface area contributed by atoms with E-state index in [1.54, 1.807) is 0 Å². The summed E-state index contributed by atoms with van der Waals surface area (Å²) in [6.07, 6.45) is 3.78. The van der Waals surface area contributed by atoms with Crippen LogP contribution in [0.5, 0.6) is 0 Å². The topological polar surface area (TPSA) is 117 Å². The number of carbonyl (C=O) groups is 2. The van der Waals surface area contributed by atoms with Crippen LogP contribution >= 0.6 is 0 Å². The normalized spacial score (nSPS) is 18.9. The van der Waals surface area contributed by atoms with Gasteiger partial charge >= 0.3 is 11.8 Å². The first-order valence-electron chi connectivity index (χ1n) is 9.60. The Bertz CT molecular complexity index is 1160. The molecule has 31 heavy (non-hydrogen) atoms. The Morgan fingerprint density at radius 1 is 1.19 bits per heavy atom. The highest BCUT2D eigenvalue weighted by molar-refractivity contribution is 6.40. The summed E-state index contributed by atoms with van der Waals surface area (Å²) in [5.41, 5.74) is 6.47. The van der Waals surface area contributed by atoms with E-state index in [-0.39, 0.29) is 29.5 Å². The number of nitrogens with two attached hydrogens (primary N) is 1. The van der Waals surface area contributed by atoms with Crippen LogP contribution in [0.2, 0.25) is 0 Å². The van der Waals surface area contributed by atoms with Gasteiger partial charge in [0.15, 0.2) is 17.5 Å². The van der Waals surface area contributed by atoms with E-state index < -0.39 is 35.3 Å². The highest BCUT2D eigenvalue weighted by atomic mass is 19.2. The highest BCUT2D eigenvalue weighted by Crippen LogP contribution is 2.35. The molecule has 3 aromatic rings. The minimum atomic E-state index is -1.58. The van der Waals surface area contributed by atoms with Crippen molar-refractivity contribution in [3.05, 3.63) is 47.5 Å². The van der Waals surface area contributed by atoms with E-state index in [0.717, 1.165) is 12.1 Å². The van der Waals surface area contributed by atoms with Gasteiger partial charge in [-0.3, -0.25) is 14.7 Å². The monoisotopic (exact) mass is 432 g/mol. The van der Waals surface area contributed by atoms with Crippen LogP contribution in [0.4, 0.5) is 24.7 Å². The van der Waals surface area contributed by atoms with Gasteiger partial charge in [0.1, 0.15) is 5.82 Å². The molecule has 0 unspecified atom stereocenters. The molecule has 3 heterocycles. The molecule has 2 amide bonds. The Morgan fingerprint density at radius 3 is 2.61 bits per heavy atom. The van der Waals surface area contributed by atoms with Gasteiger partial charge in [0.25, 0.3) is 0 Å². The third-order valence-electron chi connectivity index (χ3n) is 5.43. The van der Waals surface area contributed by atoms with E-state index in [0.29, 0.717) is 23.7 Å². The largest absolute Gasteiger partial charge is 0.383 e. The van der Waals surface area contributed by atoms with Gasteiger partial charge in [0.05, 0.1) is 35.0 Å². The van der Waals surface area contributed by atoms with Crippen molar-refractivity contribution in [2.45, 2.75) is 25.8 Å². The summed E-state index contributed by atoms with van der Waals surface area (Å²) in [4.78, 5) is 30.9. The number of nitrogens with one attached hydrogen (secondary N) is 2. The van der Waals surface area contributed by atoms with Crippen LogP contribution in [0.1, 0.15) is 31.4 Å². The number of fused-ring (bicyclic) bond motifs is 1. The Hall–Kier alpha value is -3.63. The zero-order chi connectivity index (χ0) is 22.3. The Morgan fingerprint density at radius 2 is 1.90 bits per heavy atom. The maximum atomic E-state index is 13.8. The van der Waals surface area contributed by atoms with E-state index in [4.69, 9.17) is 5.73 Å². The zero-order valence-electron chi connectivity index (χ0n) is 16.5. The maximum Gasteiger partial charge on any atom is 0.314 e. The molecule has 1 fully saturated rings. The van der Waals surface area contributed by atoms with Crippen molar-refractivity contribution < 1.29 is 22.8 Å². The number of nitrogen functional groups attached to an aromatic ring is 1. The minimum absolute atomic E-state index is 0.0700. The number of piperidine rings is 1. The number of anilines is 2. The third-order valence-corrected chi connectivity index (χ3v) is 5.43. The number of amides is 2. The van der Waals surface area contributed by atoms with Crippen molar-refractivity contribution in [1.82, 2.24) is 20.1 Å². The summed E-state index contributed by atoms with van der Waals surface area (Å²) in [5, 5.41) is 9.51. The summed E-state index contributed by atoms with van der Waals surface area (Å²) in [6, 6.07) is 0.945. The van der Waals surface area contributed by atoms with Crippen molar-refractivity contribution in [2.75, 3.05) is 17.6 Å². The van der Waals surface area contributed by atoms with Crippen LogP contribution in [-0.4, -0.2) is 38.4 Å². The maximum absolute atomic E-state index is 13.8. The molecule has 0 saturated carbocycles. The predicted molar refractivity (Wildman–Crippen MR) is 106 cm³/mol. The number of rotatable bonds is 2. The van der Waals surface area contributed by atoms with Crippen LogP contribution < -0.4 is 11.1 Å². The molecule has 1 saturated heterocycles. The molecule has 1 aliphatic rings. The average molecular weight is 432 g/mol. The van der Waals surface area contributed by atoms with Crippen LogP contribution in [0, 0.1) is 23.4 Å². The fourth-order valence-corrected chi connectivity index (χ4v) is 3.85. The van der Waals surface area contributed by atoms with Gasteiger partial charge in [-0.05, 0) is 36.5 Å². The molecule has 0 bridgehead atoms. The number of aromatic amines is 1. The summed E-state index contributed by atoms with van der Waals surface area (Å²) < 4.78 is 40.9. The molecule has 0 radical (unpaired) electrons. The van der Waals surface area contributed by atoms with Crippen LogP contribution in [0.3, 0.4) is 0 Å². The number of benzene rings is 1. The number of aromatic nitrogens is 3. The van der Waals surface area contributed by atoms with Gasteiger partial charge in [-0.15, -0.1) is 0 Å². The van der Waals surface area contributed by atoms with Crippen molar-refractivity contribution in [3.8, 4) is 0 Å². The smallest absolute Gasteiger partial charge is 0.314 e. The van der Waals surface area contributed by atoms with E-state index in [9.17, 15) is 22.8 Å². The summed E-state index contributed by atoms with van der Waals surface area (Å²) in [5.74, 6) is -5.84. The van der Waals surface area contributed by atoms with Crippen molar-refractivity contribution in [3.63, 3.8) is 0 Å². The molecule has 11 heteroatoms. The van der Waals surface area contributed by atoms with E-state index >= 15 is 0 Å². The first-order valence-corrected chi connectivity index (χ1v) is 9.60. The molecule has 2 atom stereocenters. The van der Waals surface area contributed by atoms with Gasteiger partial charge in [0.2, 0.25) is 0 Å². The number of hydrogen-bond acceptors (Lipinski definition) is 5. The van der Waals surface area contributed by atoms with Crippen LogP contribution in [-0.2, 0) is 9.59 Å². The molecule has 4 rings (SSSR count). The first kappa shape index (κ1) is 20.6. The predicted octanol–water partition coefficient (Wildman–Crippen LogP) is 2.90. The molecular formula is C20H19F3N6O2. The number of likely N-dealkylation sites (tertiary alicyclic amines) is 1. The number of halogens is 3. The van der Waals surface area contributed by atoms with Gasteiger partial charge < -0.3 is 16.0 Å². The fraction of sp³-hybridized carbons (Fsp3) is 0.300. The third kappa shape index (κ3) is 3.78. The molecule has 8 nitrogen and oxygen atoms in total. The summed E-state index contributed by atoms with van der Waals surface area (Å²) >= 11 is 0. The lowest BCUT2D eigenvalue weighted by molar-refractivity contribution is -0.146. The van der Waals surface area contributed by atoms with Gasteiger partial charge in [0, 0.05) is 6.54 Å². The Kier molecular flexibility index (Phi) is 5.25. The lowest BCUT2D eigenvalue weighted by Crippen LogP contribution is -2.46. The summed E-state index contributed by atoms with van der Waals surface area (Å²) in [7, 11) is 0. The lowest BCUT2D eigenvalue weighted by atomic mass is 9.89. The van der Waals surface area contributed by atoms with Crippen molar-refractivity contribution in [1.29, 1.82) is 0 Å². The molecule has 2 aromatic heterocycles. The van der Waals surface area contributed by atoms with Crippen LogP contribution in [0.15, 0.2) is 24.5 Å². The molecular weight excluding hydrogens is 413 g/mol. The molecule has 0 aliphatic carbocycles. The zero-order valence-corrected chi connectivity index (χ0v) is 16.5. The van der Waals surface area contributed by atoms with Gasteiger partial charge in [-0.1, -0.05) is 6.92 Å². The number of hydrogen-bond donors (Lipinski definition) is 3. The molecule has 1 aliphatic heterocycles. The SMILES string of the molecule is C[C@H]1CC[C@H](c2cc(F)c(F)c(F)c2)N(C(=O)C(=O)Nc2cnc(N)c3cn[nH]c23)C1.